The molecule has 0 radical (unpaired) electrons. The van der Waals surface area contributed by atoms with Gasteiger partial charge in [-0.25, -0.2) is 0 Å². The van der Waals surface area contributed by atoms with Crippen LogP contribution in [-0.2, 0) is 4.79 Å². The Labute approximate surface area is 132 Å². The van der Waals surface area contributed by atoms with E-state index in [0.29, 0.717) is 0 Å². The van der Waals surface area contributed by atoms with Gasteiger partial charge in [-0.2, -0.15) is 0 Å². The molecule has 122 valence electrons. The van der Waals surface area contributed by atoms with E-state index < -0.39 is 6.10 Å². The molecule has 0 bridgehead atoms. The highest BCUT2D eigenvalue weighted by atomic mass is 16.5. The summed E-state index contributed by atoms with van der Waals surface area (Å²) < 4.78 is 5.62. The lowest BCUT2D eigenvalue weighted by atomic mass is 9.97. The van der Waals surface area contributed by atoms with E-state index in [9.17, 15) is 9.90 Å². The van der Waals surface area contributed by atoms with Crippen LogP contribution in [0.2, 0.25) is 0 Å². The lowest BCUT2D eigenvalue weighted by molar-refractivity contribution is -0.126. The second-order valence-electron chi connectivity index (χ2n) is 6.02. The second-order valence-corrected chi connectivity index (χ2v) is 6.02. The third-order valence-corrected chi connectivity index (χ3v) is 3.79. The first-order valence-electron chi connectivity index (χ1n) is 7.99. The molecule has 1 atom stereocenters. The van der Waals surface area contributed by atoms with Gasteiger partial charge in [0.2, 0.25) is 5.91 Å². The molecule has 0 aliphatic carbocycles. The van der Waals surface area contributed by atoms with Crippen molar-refractivity contribution in [2.75, 3.05) is 19.6 Å². The van der Waals surface area contributed by atoms with Gasteiger partial charge < -0.3 is 20.5 Å². The highest BCUT2D eigenvalue weighted by Crippen LogP contribution is 2.20. The van der Waals surface area contributed by atoms with Crippen molar-refractivity contribution in [2.45, 2.75) is 38.9 Å². The Hall–Kier alpha value is -1.59. The second kappa shape index (κ2) is 8.15. The molecule has 1 aromatic rings. The maximum Gasteiger partial charge on any atom is 0.223 e. The van der Waals surface area contributed by atoms with E-state index in [1.165, 1.54) is 0 Å². The van der Waals surface area contributed by atoms with Crippen LogP contribution in [-0.4, -0.2) is 36.8 Å². The molecule has 0 saturated carbocycles. The van der Waals surface area contributed by atoms with Crippen LogP contribution >= 0.6 is 0 Å². The Kier molecular flexibility index (Phi) is 6.21. The number of benzene rings is 1. The molecular formula is C17H26N2O3. The zero-order valence-electron chi connectivity index (χ0n) is 13.3. The quantitative estimate of drug-likeness (QED) is 0.747. The third kappa shape index (κ3) is 5.00. The standard InChI is InChI=1S/C17H26N2O3/c1-12(2)22-15-5-3-4-14(10-15)16(20)11-19-17(21)13-6-8-18-9-7-13/h3-5,10,12-13,16,18,20H,6-9,11H2,1-2H3,(H,19,21). The smallest absolute Gasteiger partial charge is 0.223 e. The van der Waals surface area contributed by atoms with Crippen LogP contribution in [0.4, 0.5) is 0 Å². The van der Waals surface area contributed by atoms with E-state index >= 15 is 0 Å². The van der Waals surface area contributed by atoms with Crippen molar-refractivity contribution >= 4 is 5.91 Å². The van der Waals surface area contributed by atoms with Crippen molar-refractivity contribution < 1.29 is 14.6 Å². The fourth-order valence-electron chi connectivity index (χ4n) is 2.61. The molecule has 1 heterocycles. The van der Waals surface area contributed by atoms with Gasteiger partial charge >= 0.3 is 0 Å². The number of piperidine rings is 1. The van der Waals surface area contributed by atoms with Crippen LogP contribution in [0.25, 0.3) is 0 Å². The lowest BCUT2D eigenvalue weighted by Crippen LogP contribution is -2.39. The predicted molar refractivity (Wildman–Crippen MR) is 85.8 cm³/mol. The number of aliphatic hydroxyl groups is 1. The van der Waals surface area contributed by atoms with Gasteiger partial charge in [0.1, 0.15) is 5.75 Å². The van der Waals surface area contributed by atoms with E-state index in [2.05, 4.69) is 10.6 Å². The largest absolute Gasteiger partial charge is 0.491 e. The van der Waals surface area contributed by atoms with Gasteiger partial charge in [0.15, 0.2) is 0 Å². The van der Waals surface area contributed by atoms with Crippen LogP contribution in [0, 0.1) is 5.92 Å². The molecule has 0 aromatic heterocycles. The van der Waals surface area contributed by atoms with Gasteiger partial charge in [0.25, 0.3) is 0 Å². The number of rotatable bonds is 6. The SMILES string of the molecule is CC(C)Oc1cccc(C(O)CNC(=O)C2CCNCC2)c1. The first kappa shape index (κ1) is 16.8. The van der Waals surface area contributed by atoms with E-state index in [4.69, 9.17) is 4.74 Å². The molecule has 1 aromatic carbocycles. The van der Waals surface area contributed by atoms with Gasteiger partial charge in [-0.3, -0.25) is 4.79 Å². The molecular weight excluding hydrogens is 280 g/mol. The summed E-state index contributed by atoms with van der Waals surface area (Å²) in [4.78, 5) is 12.1. The van der Waals surface area contributed by atoms with Crippen LogP contribution in [0.5, 0.6) is 5.75 Å². The molecule has 0 spiro atoms. The van der Waals surface area contributed by atoms with Gasteiger partial charge in [-0.05, 0) is 57.5 Å². The van der Waals surface area contributed by atoms with Crippen LogP contribution < -0.4 is 15.4 Å². The number of hydrogen-bond donors (Lipinski definition) is 3. The summed E-state index contributed by atoms with van der Waals surface area (Å²) in [6, 6.07) is 7.38. The fraction of sp³-hybridized carbons (Fsp3) is 0.588. The molecule has 5 heteroatoms. The molecule has 22 heavy (non-hydrogen) atoms. The van der Waals surface area contributed by atoms with E-state index in [1.54, 1.807) is 0 Å². The first-order chi connectivity index (χ1) is 10.6. The molecule has 1 aliphatic heterocycles. The molecule has 1 fully saturated rings. The maximum absolute atomic E-state index is 12.1. The number of ether oxygens (including phenoxy) is 1. The van der Waals surface area contributed by atoms with E-state index in [1.807, 2.05) is 38.1 Å². The van der Waals surface area contributed by atoms with Crippen LogP contribution in [0.3, 0.4) is 0 Å². The summed E-state index contributed by atoms with van der Waals surface area (Å²) in [7, 11) is 0. The highest BCUT2D eigenvalue weighted by molar-refractivity contribution is 5.78. The number of carbonyl (C=O) groups excluding carboxylic acids is 1. The van der Waals surface area contributed by atoms with Crippen molar-refractivity contribution in [1.29, 1.82) is 0 Å². The fourth-order valence-corrected chi connectivity index (χ4v) is 2.61. The minimum absolute atomic E-state index is 0.0372. The molecule has 1 unspecified atom stereocenters. The van der Waals surface area contributed by atoms with Crippen LogP contribution in [0.15, 0.2) is 24.3 Å². The van der Waals surface area contributed by atoms with Gasteiger partial charge in [-0.1, -0.05) is 12.1 Å². The monoisotopic (exact) mass is 306 g/mol. The Bertz CT molecular complexity index is 485. The molecule has 1 aliphatic rings. The summed E-state index contributed by atoms with van der Waals surface area (Å²) in [5.74, 6) is 0.829. The molecule has 3 N–H and O–H groups in total. The summed E-state index contributed by atoms with van der Waals surface area (Å²) in [6.07, 6.45) is 1.09. The van der Waals surface area contributed by atoms with Crippen LogP contribution in [0.1, 0.15) is 38.4 Å². The Balaban J connectivity index is 1.86. The van der Waals surface area contributed by atoms with Crippen molar-refractivity contribution in [1.82, 2.24) is 10.6 Å². The zero-order chi connectivity index (χ0) is 15.9. The number of hydrogen-bond acceptors (Lipinski definition) is 4. The number of aliphatic hydroxyl groups excluding tert-OH is 1. The maximum atomic E-state index is 12.1. The average molecular weight is 306 g/mol. The minimum Gasteiger partial charge on any atom is -0.491 e. The minimum atomic E-state index is -0.721. The lowest BCUT2D eigenvalue weighted by Gasteiger charge is -2.22. The summed E-state index contributed by atoms with van der Waals surface area (Å²) in [5.41, 5.74) is 0.753. The van der Waals surface area contributed by atoms with Gasteiger partial charge in [0, 0.05) is 12.5 Å². The topological polar surface area (TPSA) is 70.6 Å². The van der Waals surface area contributed by atoms with Crippen molar-refractivity contribution in [3.63, 3.8) is 0 Å². The number of nitrogens with one attached hydrogen (secondary N) is 2. The Morgan fingerprint density at radius 2 is 2.14 bits per heavy atom. The molecule has 1 amide bonds. The first-order valence-corrected chi connectivity index (χ1v) is 7.99. The summed E-state index contributed by atoms with van der Waals surface area (Å²) >= 11 is 0. The summed E-state index contributed by atoms with van der Waals surface area (Å²) in [6.45, 7) is 5.92. The van der Waals surface area contributed by atoms with Gasteiger partial charge in [-0.15, -0.1) is 0 Å². The van der Waals surface area contributed by atoms with Crippen molar-refractivity contribution in [2.24, 2.45) is 5.92 Å². The molecule has 1 saturated heterocycles. The van der Waals surface area contributed by atoms with E-state index in [-0.39, 0.29) is 24.5 Å². The highest BCUT2D eigenvalue weighted by Gasteiger charge is 2.21. The van der Waals surface area contributed by atoms with Crippen molar-refractivity contribution in [3.8, 4) is 5.75 Å². The predicted octanol–water partition coefficient (Wildman–Crippen LogP) is 1.62. The number of amides is 1. The van der Waals surface area contributed by atoms with E-state index in [0.717, 1.165) is 37.2 Å². The van der Waals surface area contributed by atoms with Crippen molar-refractivity contribution in [3.05, 3.63) is 29.8 Å². The number of carbonyl (C=O) groups is 1. The van der Waals surface area contributed by atoms with Gasteiger partial charge in [0.05, 0.1) is 12.2 Å². The Morgan fingerprint density at radius 3 is 2.82 bits per heavy atom. The Morgan fingerprint density at radius 1 is 1.41 bits per heavy atom. The third-order valence-electron chi connectivity index (χ3n) is 3.79. The molecule has 5 nitrogen and oxygen atoms in total. The average Bonchev–Trinajstić information content (AvgIpc) is 2.52. The molecule has 2 rings (SSSR count). The zero-order valence-corrected chi connectivity index (χ0v) is 13.3. The normalized spacial score (nSPS) is 17.3. The summed E-state index contributed by atoms with van der Waals surface area (Å²) in [5, 5.41) is 16.3.